The molecule has 25 heavy (non-hydrogen) atoms. The average Bonchev–Trinajstić information content (AvgIpc) is 3.18. The Morgan fingerprint density at radius 1 is 1.28 bits per heavy atom. The highest BCUT2D eigenvalue weighted by Crippen LogP contribution is 2.28. The van der Waals surface area contributed by atoms with Gasteiger partial charge in [0.1, 0.15) is 0 Å². The van der Waals surface area contributed by atoms with Gasteiger partial charge in [-0.05, 0) is 63.4 Å². The minimum absolute atomic E-state index is 0. The van der Waals surface area contributed by atoms with Crippen molar-refractivity contribution in [2.24, 2.45) is 0 Å². The minimum atomic E-state index is -0.0196. The van der Waals surface area contributed by atoms with Crippen molar-refractivity contribution < 1.29 is 4.79 Å². The lowest BCUT2D eigenvalue weighted by Gasteiger charge is -2.23. The van der Waals surface area contributed by atoms with Crippen LogP contribution in [0.15, 0.2) is 28.7 Å². The number of carbonyl (C=O) groups is 1. The van der Waals surface area contributed by atoms with Gasteiger partial charge in [0.2, 0.25) is 0 Å². The van der Waals surface area contributed by atoms with E-state index >= 15 is 0 Å². The van der Waals surface area contributed by atoms with Crippen LogP contribution in [0, 0.1) is 0 Å². The molecule has 0 spiro atoms. The van der Waals surface area contributed by atoms with E-state index in [2.05, 4.69) is 31.7 Å². The maximum atomic E-state index is 12.8. The molecule has 134 valence electrons. The molecule has 4 rings (SSSR count). The zero-order valence-electron chi connectivity index (χ0n) is 13.9. The Hall–Kier alpha value is -1.37. The molecule has 5 nitrogen and oxygen atoms in total. The zero-order chi connectivity index (χ0) is 16.5. The highest BCUT2D eigenvalue weighted by atomic mass is 79.9. The van der Waals surface area contributed by atoms with Crippen molar-refractivity contribution in [1.82, 2.24) is 20.4 Å². The number of hydrogen-bond acceptors (Lipinski definition) is 3. The predicted octanol–water partition coefficient (Wildman–Crippen LogP) is 3.03. The van der Waals surface area contributed by atoms with Gasteiger partial charge in [0.05, 0.1) is 5.69 Å². The highest BCUT2D eigenvalue weighted by Gasteiger charge is 2.28. The van der Waals surface area contributed by atoms with Crippen LogP contribution in [-0.2, 0) is 12.8 Å². The lowest BCUT2D eigenvalue weighted by molar-refractivity contribution is 0.0923. The molecule has 0 radical (unpaired) electrons. The molecule has 0 saturated carbocycles. The number of carbonyl (C=O) groups excluding carboxylic acids is 1. The van der Waals surface area contributed by atoms with Gasteiger partial charge in [-0.2, -0.15) is 5.10 Å². The van der Waals surface area contributed by atoms with Gasteiger partial charge in [0.25, 0.3) is 5.91 Å². The number of nitrogens with zero attached hydrogens (tertiary/aromatic N) is 2. The highest BCUT2D eigenvalue weighted by molar-refractivity contribution is 9.10. The van der Waals surface area contributed by atoms with Crippen LogP contribution >= 0.6 is 28.3 Å². The first kappa shape index (κ1) is 18.4. The predicted molar refractivity (Wildman–Crippen MR) is 104 cm³/mol. The Morgan fingerprint density at radius 3 is 2.84 bits per heavy atom. The van der Waals surface area contributed by atoms with Gasteiger partial charge in [-0.25, -0.2) is 4.68 Å². The fourth-order valence-corrected chi connectivity index (χ4v) is 4.05. The summed E-state index contributed by atoms with van der Waals surface area (Å²) < 4.78 is 2.97. The molecule has 2 heterocycles. The number of piperidine rings is 1. The third-order valence-electron chi connectivity index (χ3n) is 4.87. The molecule has 0 atom stereocenters. The number of aromatic nitrogens is 2. The van der Waals surface area contributed by atoms with Gasteiger partial charge in [0.15, 0.2) is 5.69 Å². The topological polar surface area (TPSA) is 59.0 Å². The largest absolute Gasteiger partial charge is 0.348 e. The molecule has 0 bridgehead atoms. The summed E-state index contributed by atoms with van der Waals surface area (Å²) in [6.45, 7) is 1.94. The Morgan fingerprint density at radius 2 is 2.08 bits per heavy atom. The number of hydrogen-bond donors (Lipinski definition) is 2. The summed E-state index contributed by atoms with van der Waals surface area (Å²) in [5.41, 5.74) is 3.93. The first-order valence-corrected chi connectivity index (χ1v) is 9.40. The molecular formula is C18H22BrClN4O. The van der Waals surface area contributed by atoms with E-state index in [4.69, 9.17) is 0 Å². The van der Waals surface area contributed by atoms with Crippen molar-refractivity contribution in [3.8, 4) is 5.69 Å². The lowest BCUT2D eigenvalue weighted by atomic mass is 10.1. The third-order valence-corrected chi connectivity index (χ3v) is 5.37. The van der Waals surface area contributed by atoms with Crippen molar-refractivity contribution in [3.63, 3.8) is 0 Å². The molecule has 0 unspecified atom stereocenters. The SMILES string of the molecule is Cl.O=C(NC1CCNCC1)c1nn(-c2cccc(Br)c2)c2c1CCC2. The minimum Gasteiger partial charge on any atom is -0.348 e. The van der Waals surface area contributed by atoms with Crippen LogP contribution in [-0.4, -0.2) is 34.8 Å². The smallest absolute Gasteiger partial charge is 0.272 e. The summed E-state index contributed by atoms with van der Waals surface area (Å²) in [5, 5.41) is 11.2. The van der Waals surface area contributed by atoms with E-state index in [1.807, 2.05) is 28.9 Å². The Labute approximate surface area is 162 Å². The fraction of sp³-hybridized carbons (Fsp3) is 0.444. The molecule has 1 aromatic heterocycles. The third kappa shape index (κ3) is 3.76. The second-order valence-corrected chi connectivity index (χ2v) is 7.43. The first-order valence-electron chi connectivity index (χ1n) is 8.60. The quantitative estimate of drug-likeness (QED) is 0.795. The van der Waals surface area contributed by atoms with Gasteiger partial charge in [-0.3, -0.25) is 4.79 Å². The number of rotatable bonds is 3. The monoisotopic (exact) mass is 424 g/mol. The molecule has 1 aliphatic heterocycles. The maximum absolute atomic E-state index is 12.8. The molecule has 2 aromatic rings. The van der Waals surface area contributed by atoms with Crippen molar-refractivity contribution in [2.45, 2.75) is 38.1 Å². The second kappa shape index (κ2) is 7.89. The zero-order valence-corrected chi connectivity index (χ0v) is 16.3. The van der Waals surface area contributed by atoms with Crippen LogP contribution in [0.1, 0.15) is 41.0 Å². The van der Waals surface area contributed by atoms with E-state index in [0.29, 0.717) is 5.69 Å². The Bertz CT molecular complexity index is 770. The van der Waals surface area contributed by atoms with Gasteiger partial charge in [0, 0.05) is 21.8 Å². The molecule has 1 aromatic carbocycles. The normalized spacial score (nSPS) is 17.0. The van der Waals surface area contributed by atoms with Crippen molar-refractivity contribution in [2.75, 3.05) is 13.1 Å². The summed E-state index contributed by atoms with van der Waals surface area (Å²) in [5.74, 6) is -0.0196. The molecule has 2 aliphatic rings. The van der Waals surface area contributed by atoms with Crippen molar-refractivity contribution in [3.05, 3.63) is 45.7 Å². The molecule has 1 fully saturated rings. The van der Waals surface area contributed by atoms with E-state index in [0.717, 1.165) is 60.9 Å². The average molecular weight is 426 g/mol. The second-order valence-electron chi connectivity index (χ2n) is 6.52. The standard InChI is InChI=1S/C18H21BrN4O.ClH/c19-12-3-1-4-14(11-12)23-16-6-2-5-15(16)17(22-23)18(24)21-13-7-9-20-10-8-13;/h1,3-4,11,13,20H,2,5-10H2,(H,21,24);1H. The molecule has 2 N–H and O–H groups in total. The fourth-order valence-electron chi connectivity index (χ4n) is 3.66. The van der Waals surface area contributed by atoms with Crippen molar-refractivity contribution >= 4 is 34.2 Å². The van der Waals surface area contributed by atoms with Crippen LogP contribution in [0.2, 0.25) is 0 Å². The van der Waals surface area contributed by atoms with E-state index in [1.165, 1.54) is 5.69 Å². The summed E-state index contributed by atoms with van der Waals surface area (Å²) in [6, 6.07) is 8.33. The Balaban J connectivity index is 0.00000182. The van der Waals surface area contributed by atoms with Gasteiger partial charge >= 0.3 is 0 Å². The van der Waals surface area contributed by atoms with E-state index in [-0.39, 0.29) is 24.4 Å². The van der Waals surface area contributed by atoms with E-state index < -0.39 is 0 Å². The van der Waals surface area contributed by atoms with Crippen LogP contribution in [0.4, 0.5) is 0 Å². The van der Waals surface area contributed by atoms with Crippen molar-refractivity contribution in [1.29, 1.82) is 0 Å². The van der Waals surface area contributed by atoms with Gasteiger partial charge < -0.3 is 10.6 Å². The number of amides is 1. The lowest BCUT2D eigenvalue weighted by Crippen LogP contribution is -2.43. The number of nitrogens with one attached hydrogen (secondary N) is 2. The van der Waals surface area contributed by atoms with Crippen LogP contribution in [0.5, 0.6) is 0 Å². The molecular weight excluding hydrogens is 404 g/mol. The summed E-state index contributed by atoms with van der Waals surface area (Å²) in [4.78, 5) is 12.8. The van der Waals surface area contributed by atoms with E-state index in [9.17, 15) is 4.79 Å². The summed E-state index contributed by atoms with van der Waals surface area (Å²) in [6.07, 6.45) is 4.99. The maximum Gasteiger partial charge on any atom is 0.272 e. The number of fused-ring (bicyclic) bond motifs is 1. The summed E-state index contributed by atoms with van der Waals surface area (Å²) in [7, 11) is 0. The first-order chi connectivity index (χ1) is 11.7. The van der Waals surface area contributed by atoms with Crippen LogP contribution in [0.3, 0.4) is 0 Å². The van der Waals surface area contributed by atoms with E-state index in [1.54, 1.807) is 0 Å². The molecule has 1 saturated heterocycles. The Kier molecular flexibility index (Phi) is 5.81. The number of benzene rings is 1. The van der Waals surface area contributed by atoms with Crippen LogP contribution < -0.4 is 10.6 Å². The van der Waals surface area contributed by atoms with Gasteiger partial charge in [-0.15, -0.1) is 12.4 Å². The molecule has 1 amide bonds. The number of halogens is 2. The molecule has 1 aliphatic carbocycles. The van der Waals surface area contributed by atoms with Crippen LogP contribution in [0.25, 0.3) is 5.69 Å². The molecule has 7 heteroatoms. The summed E-state index contributed by atoms with van der Waals surface area (Å²) >= 11 is 3.52. The van der Waals surface area contributed by atoms with Gasteiger partial charge in [-0.1, -0.05) is 22.0 Å².